The van der Waals surface area contributed by atoms with E-state index < -0.39 is 22.0 Å². The minimum absolute atomic E-state index is 0.0578. The summed E-state index contributed by atoms with van der Waals surface area (Å²) in [4.78, 5) is 12.4. The zero-order valence-electron chi connectivity index (χ0n) is 17.8. The van der Waals surface area contributed by atoms with Crippen LogP contribution in [0.3, 0.4) is 0 Å². The Morgan fingerprint density at radius 3 is 2.47 bits per heavy atom. The normalized spacial score (nSPS) is 12.0. The number of sulfonamides is 1. The van der Waals surface area contributed by atoms with Crippen LogP contribution in [0, 0.1) is 6.92 Å². The SMILES string of the molecule is COc1ccccc1NS(=O)(=O)c1ccc(O)c(NC(=O)C(C)Oc2cccc(C)c2)c1. The molecule has 3 N–H and O–H groups in total. The molecule has 0 saturated heterocycles. The number of methoxy groups -OCH3 is 1. The highest BCUT2D eigenvalue weighted by molar-refractivity contribution is 7.92. The van der Waals surface area contributed by atoms with Crippen LogP contribution in [0.15, 0.2) is 71.6 Å². The molecule has 0 aliphatic carbocycles. The molecule has 0 spiro atoms. The van der Waals surface area contributed by atoms with E-state index in [9.17, 15) is 18.3 Å². The van der Waals surface area contributed by atoms with E-state index in [-0.39, 0.29) is 22.0 Å². The molecule has 1 amide bonds. The van der Waals surface area contributed by atoms with E-state index in [0.29, 0.717) is 11.5 Å². The Morgan fingerprint density at radius 2 is 1.75 bits per heavy atom. The number of para-hydroxylation sites is 2. The topological polar surface area (TPSA) is 114 Å². The van der Waals surface area contributed by atoms with Gasteiger partial charge >= 0.3 is 0 Å². The van der Waals surface area contributed by atoms with Crippen LogP contribution < -0.4 is 19.5 Å². The van der Waals surface area contributed by atoms with Crippen LogP contribution in [0.5, 0.6) is 17.2 Å². The second-order valence-corrected chi connectivity index (χ2v) is 8.73. The molecule has 9 heteroatoms. The summed E-state index contributed by atoms with van der Waals surface area (Å²) in [6, 6.07) is 17.4. The quantitative estimate of drug-likeness (QED) is 0.443. The number of anilines is 2. The van der Waals surface area contributed by atoms with Gasteiger partial charge in [-0.05, 0) is 61.9 Å². The number of aromatic hydroxyl groups is 1. The molecular weight excluding hydrogens is 432 g/mol. The number of phenols is 1. The number of carbonyl (C=O) groups is 1. The van der Waals surface area contributed by atoms with Crippen molar-refractivity contribution in [2.45, 2.75) is 24.8 Å². The average Bonchev–Trinajstić information content (AvgIpc) is 2.75. The molecule has 0 aromatic heterocycles. The standard InChI is InChI=1S/C23H24N2O6S/c1-15-7-6-8-17(13-15)31-16(2)23(27)24-20-14-18(11-12-21(20)26)32(28,29)25-19-9-4-5-10-22(19)30-3/h4-14,16,25-26H,1-3H3,(H,24,27). The first kappa shape index (κ1) is 23.0. The highest BCUT2D eigenvalue weighted by atomic mass is 32.2. The number of phenolic OH excluding ortho intramolecular Hbond substituents is 1. The molecule has 32 heavy (non-hydrogen) atoms. The largest absolute Gasteiger partial charge is 0.506 e. The Morgan fingerprint density at radius 1 is 1.00 bits per heavy atom. The third-order valence-electron chi connectivity index (χ3n) is 4.56. The van der Waals surface area contributed by atoms with E-state index in [4.69, 9.17) is 9.47 Å². The van der Waals surface area contributed by atoms with E-state index in [0.717, 1.165) is 5.56 Å². The minimum Gasteiger partial charge on any atom is -0.506 e. The van der Waals surface area contributed by atoms with Crippen molar-refractivity contribution in [3.63, 3.8) is 0 Å². The van der Waals surface area contributed by atoms with Gasteiger partial charge < -0.3 is 19.9 Å². The lowest BCUT2D eigenvalue weighted by Gasteiger charge is -2.16. The summed E-state index contributed by atoms with van der Waals surface area (Å²) in [6.07, 6.45) is -0.886. The number of hydrogen-bond acceptors (Lipinski definition) is 6. The van der Waals surface area contributed by atoms with E-state index >= 15 is 0 Å². The van der Waals surface area contributed by atoms with Crippen LogP contribution in [-0.4, -0.2) is 32.6 Å². The summed E-state index contributed by atoms with van der Waals surface area (Å²) in [5.74, 6) is 0.0473. The van der Waals surface area contributed by atoms with E-state index in [1.54, 1.807) is 43.3 Å². The maximum atomic E-state index is 12.8. The zero-order chi connectivity index (χ0) is 23.3. The Kier molecular flexibility index (Phi) is 6.89. The van der Waals surface area contributed by atoms with Crippen molar-refractivity contribution in [1.29, 1.82) is 0 Å². The molecule has 3 aromatic carbocycles. The highest BCUT2D eigenvalue weighted by Crippen LogP contribution is 2.30. The van der Waals surface area contributed by atoms with Gasteiger partial charge in [0.1, 0.15) is 17.2 Å². The van der Waals surface area contributed by atoms with Gasteiger partial charge in [-0.2, -0.15) is 0 Å². The van der Waals surface area contributed by atoms with Crippen molar-refractivity contribution in [3.05, 3.63) is 72.3 Å². The number of nitrogens with one attached hydrogen (secondary N) is 2. The fourth-order valence-electron chi connectivity index (χ4n) is 2.90. The summed E-state index contributed by atoms with van der Waals surface area (Å²) < 4.78 is 38.9. The van der Waals surface area contributed by atoms with Gasteiger partial charge in [-0.25, -0.2) is 8.42 Å². The number of amides is 1. The number of ether oxygens (including phenoxy) is 2. The molecule has 1 unspecified atom stereocenters. The monoisotopic (exact) mass is 456 g/mol. The summed E-state index contributed by atoms with van der Waals surface area (Å²) >= 11 is 0. The van der Waals surface area contributed by atoms with Crippen LogP contribution in [0.2, 0.25) is 0 Å². The van der Waals surface area contributed by atoms with Crippen LogP contribution in [0.1, 0.15) is 12.5 Å². The van der Waals surface area contributed by atoms with Crippen molar-refractivity contribution in [2.24, 2.45) is 0 Å². The van der Waals surface area contributed by atoms with Crippen molar-refractivity contribution in [1.82, 2.24) is 0 Å². The molecule has 0 aliphatic heterocycles. The van der Waals surface area contributed by atoms with Crippen molar-refractivity contribution < 1.29 is 27.8 Å². The molecular formula is C23H24N2O6S. The number of aryl methyl sites for hydroxylation is 1. The maximum Gasteiger partial charge on any atom is 0.265 e. The lowest BCUT2D eigenvalue weighted by atomic mass is 10.2. The Hall–Kier alpha value is -3.72. The van der Waals surface area contributed by atoms with Gasteiger partial charge in [0.2, 0.25) is 0 Å². The maximum absolute atomic E-state index is 12.8. The number of rotatable bonds is 8. The minimum atomic E-state index is -4.02. The molecule has 8 nitrogen and oxygen atoms in total. The first-order valence-electron chi connectivity index (χ1n) is 9.72. The van der Waals surface area contributed by atoms with Crippen molar-refractivity contribution in [3.8, 4) is 17.2 Å². The first-order valence-corrected chi connectivity index (χ1v) is 11.2. The Bertz CT molecular complexity index is 1230. The van der Waals surface area contributed by atoms with Crippen LogP contribution in [-0.2, 0) is 14.8 Å². The molecule has 0 radical (unpaired) electrons. The second kappa shape index (κ2) is 9.61. The first-order chi connectivity index (χ1) is 15.2. The average molecular weight is 457 g/mol. The molecule has 168 valence electrons. The van der Waals surface area contributed by atoms with E-state index in [1.165, 1.54) is 25.3 Å². The predicted octanol–water partition coefficient (Wildman–Crippen LogP) is 3.92. The van der Waals surface area contributed by atoms with Gasteiger partial charge in [0.25, 0.3) is 15.9 Å². The van der Waals surface area contributed by atoms with Gasteiger partial charge in [0, 0.05) is 0 Å². The van der Waals surface area contributed by atoms with Gasteiger partial charge in [-0.3, -0.25) is 9.52 Å². The number of hydrogen-bond donors (Lipinski definition) is 3. The number of carbonyl (C=O) groups excluding carboxylic acids is 1. The summed E-state index contributed by atoms with van der Waals surface area (Å²) in [5.41, 5.74) is 1.18. The fourth-order valence-corrected chi connectivity index (χ4v) is 3.99. The van der Waals surface area contributed by atoms with Crippen molar-refractivity contribution >= 4 is 27.3 Å². The van der Waals surface area contributed by atoms with Crippen LogP contribution >= 0.6 is 0 Å². The summed E-state index contributed by atoms with van der Waals surface area (Å²) in [5, 5.41) is 12.7. The van der Waals surface area contributed by atoms with Gasteiger partial charge in [0.05, 0.1) is 23.4 Å². The lowest BCUT2D eigenvalue weighted by molar-refractivity contribution is -0.122. The van der Waals surface area contributed by atoms with Gasteiger partial charge in [0.15, 0.2) is 6.10 Å². The van der Waals surface area contributed by atoms with Crippen LogP contribution in [0.4, 0.5) is 11.4 Å². The Labute approximate surface area is 186 Å². The summed E-state index contributed by atoms with van der Waals surface area (Å²) in [7, 11) is -2.59. The predicted molar refractivity (Wildman–Crippen MR) is 122 cm³/mol. The second-order valence-electron chi connectivity index (χ2n) is 7.05. The molecule has 0 fully saturated rings. The molecule has 3 rings (SSSR count). The molecule has 1 atom stereocenters. The van der Waals surface area contributed by atoms with E-state index in [2.05, 4.69) is 10.0 Å². The third-order valence-corrected chi connectivity index (χ3v) is 5.92. The molecule has 0 bridgehead atoms. The fraction of sp³-hybridized carbons (Fsp3) is 0.174. The third kappa shape index (κ3) is 5.50. The summed E-state index contributed by atoms with van der Waals surface area (Å²) in [6.45, 7) is 3.46. The molecule has 0 saturated carbocycles. The van der Waals surface area contributed by atoms with E-state index in [1.807, 2.05) is 19.1 Å². The van der Waals surface area contributed by atoms with Crippen LogP contribution in [0.25, 0.3) is 0 Å². The van der Waals surface area contributed by atoms with Crippen molar-refractivity contribution in [2.75, 3.05) is 17.1 Å². The van der Waals surface area contributed by atoms with Gasteiger partial charge in [-0.1, -0.05) is 24.3 Å². The van der Waals surface area contributed by atoms with Gasteiger partial charge in [-0.15, -0.1) is 0 Å². The smallest absolute Gasteiger partial charge is 0.265 e. The lowest BCUT2D eigenvalue weighted by Crippen LogP contribution is -2.30. The zero-order valence-corrected chi connectivity index (χ0v) is 18.6. The Balaban J connectivity index is 1.78. The molecule has 0 heterocycles. The highest BCUT2D eigenvalue weighted by Gasteiger charge is 2.21. The molecule has 3 aromatic rings. The number of benzene rings is 3. The molecule has 0 aliphatic rings.